The molecule has 148 heavy (non-hydrogen) atoms. The number of aliphatic hydroxyl groups is 7. The molecule has 35 nitrogen and oxygen atoms in total. The van der Waals surface area contributed by atoms with E-state index in [1.807, 2.05) is 30.3 Å². The zero-order chi connectivity index (χ0) is 106. The van der Waals surface area contributed by atoms with Crippen LogP contribution in [-0.4, -0.2) is 382 Å². The van der Waals surface area contributed by atoms with E-state index in [0.717, 1.165) is 167 Å². The third-order valence-electron chi connectivity index (χ3n) is 28.9. The Balaban J connectivity index is 1.30. The molecule has 21 saturated heterocycles. The van der Waals surface area contributed by atoms with Gasteiger partial charge < -0.3 is 164 Å². The lowest BCUT2D eigenvalue weighted by atomic mass is 9.94. The van der Waals surface area contributed by atoms with Crippen LogP contribution < -0.4 is 0 Å². The Bertz CT molecular complexity index is 3310. The molecule has 7 N–H and O–H groups in total. The van der Waals surface area contributed by atoms with Crippen molar-refractivity contribution in [3.63, 3.8) is 0 Å². The Hall–Kier alpha value is -2.47. The molecule has 0 saturated carbocycles. The number of hydrogen-bond acceptors (Lipinski definition) is 35. The lowest BCUT2D eigenvalue weighted by Gasteiger charge is -2.51. The first-order valence-corrected chi connectivity index (χ1v) is 58.7. The monoisotopic (exact) mass is 2120 g/mol. The van der Waals surface area contributed by atoms with Crippen LogP contribution in [-0.2, 0) is 128 Å². The lowest BCUT2D eigenvalue weighted by molar-refractivity contribution is -0.403. The number of hydrogen-bond donors (Lipinski definition) is 7. The van der Waals surface area contributed by atoms with Gasteiger partial charge in [-0.1, -0.05) is 275 Å². The maximum atomic E-state index is 13.9. The highest BCUT2D eigenvalue weighted by molar-refractivity contribution is 5.69. The Kier molecular flexibility index (Phi) is 66.5. The molecule has 35 unspecified atom stereocenters. The van der Waals surface area contributed by atoms with Gasteiger partial charge >= 0.3 is 0 Å². The van der Waals surface area contributed by atoms with E-state index in [9.17, 15) is 35.7 Å². The van der Waals surface area contributed by atoms with Crippen molar-refractivity contribution in [3.8, 4) is 0 Å². The van der Waals surface area contributed by atoms with Gasteiger partial charge in [0, 0.05) is 92.1 Å². The molecular formula is C113H203NO34. The number of para-hydroxylation sites is 1. The number of aliphatic imine (C=N–C) groups is 1. The quantitative estimate of drug-likeness (QED) is 0.0235. The van der Waals surface area contributed by atoms with Gasteiger partial charge in [0.2, 0.25) is 0 Å². The van der Waals surface area contributed by atoms with Gasteiger partial charge in [0.05, 0.1) is 45.3 Å². The highest BCUT2D eigenvalue weighted by atomic mass is 16.8. The van der Waals surface area contributed by atoms with E-state index in [4.69, 9.17) is 133 Å². The number of rotatable bonds is 73. The van der Waals surface area contributed by atoms with Crippen molar-refractivity contribution in [2.45, 2.75) is 555 Å². The maximum Gasteiger partial charge on any atom is 0.187 e. The van der Waals surface area contributed by atoms with E-state index in [1.54, 1.807) is 0 Å². The van der Waals surface area contributed by atoms with Crippen LogP contribution in [0.1, 0.15) is 340 Å². The Morgan fingerprint density at radius 2 is 0.365 bits per heavy atom. The minimum Gasteiger partial charge on any atom is -0.387 e. The van der Waals surface area contributed by atoms with Crippen LogP contribution >= 0.6 is 0 Å². The molecule has 0 amide bonds. The van der Waals surface area contributed by atoms with Crippen molar-refractivity contribution >= 4 is 11.9 Å². The lowest BCUT2D eigenvalue weighted by Crippen LogP contribution is -2.69. The molecule has 22 rings (SSSR count). The fraction of sp³-hybridized carbons (Fsp3) is 0.938. The molecule has 21 fully saturated rings. The average Bonchev–Trinajstić information content (AvgIpc) is 0.773. The largest absolute Gasteiger partial charge is 0.387 e. The minimum atomic E-state index is -1.69. The summed E-state index contributed by atoms with van der Waals surface area (Å²) >= 11 is 0. The highest BCUT2D eigenvalue weighted by Crippen LogP contribution is 2.44. The second kappa shape index (κ2) is 76.3. The summed E-state index contributed by atoms with van der Waals surface area (Å²) < 4.78 is 191. The Morgan fingerprint density at radius 1 is 0.203 bits per heavy atom. The van der Waals surface area contributed by atoms with Crippen molar-refractivity contribution in [2.75, 3.05) is 126 Å². The van der Waals surface area contributed by atoms with Gasteiger partial charge in [-0.15, -0.1) is 0 Å². The van der Waals surface area contributed by atoms with Crippen LogP contribution in [0.25, 0.3) is 0 Å². The zero-order valence-electron chi connectivity index (χ0n) is 92.8. The van der Waals surface area contributed by atoms with Crippen LogP contribution in [0.15, 0.2) is 35.3 Å². The first kappa shape index (κ1) is 129. The van der Waals surface area contributed by atoms with Crippen LogP contribution in [0.2, 0.25) is 0 Å². The summed E-state index contributed by atoms with van der Waals surface area (Å²) in [4.78, 5) is 4.99. The number of aliphatic hydroxyl groups excluding tert-OH is 7. The van der Waals surface area contributed by atoms with E-state index >= 15 is 0 Å². The first-order chi connectivity index (χ1) is 72.4. The van der Waals surface area contributed by atoms with Gasteiger partial charge in [-0.3, -0.25) is 4.99 Å². The van der Waals surface area contributed by atoms with Crippen LogP contribution in [0.3, 0.4) is 0 Å². The summed E-state index contributed by atoms with van der Waals surface area (Å²) in [5, 5.41) is 97.0. The van der Waals surface area contributed by atoms with Crippen LogP contribution in [0.4, 0.5) is 5.69 Å². The average molecular weight is 2120 g/mol. The number of benzene rings is 1. The molecule has 35 atom stereocenters. The first-order valence-electron chi connectivity index (χ1n) is 58.7. The van der Waals surface area contributed by atoms with E-state index in [0.29, 0.717) is 129 Å². The SMILES string of the molecule is CCCCCOCC1OC2OC3C(COCCCCC)OC(OC4C(COCCCCC)OC(OC5C(COCCCCC)OC(OC6C(COCCCCC)OC(OC7C(COCCCCC)OC(OC8C(C=Nc9ccccc9)OC(OC1C(O)C2OCCCCC)C(OCCCCC)C8O)C(OCCCCC)C7O)C(OCCCCC)C6O)C(OCCCCC)C5O)C(OCCCCC)C4O)C(OCCCCC)C3O. The second-order valence-corrected chi connectivity index (χ2v) is 41.5. The number of unbranched alkanes of at least 4 members (excludes halogenated alkanes) is 26. The molecule has 14 bridgehead atoms. The topological polar surface area (TPSA) is 403 Å². The minimum absolute atomic E-state index is 0.109. The molecule has 864 valence electrons. The summed E-state index contributed by atoms with van der Waals surface area (Å²) in [6.07, 6.45) is -19.1. The molecule has 21 aliphatic rings. The predicted molar refractivity (Wildman–Crippen MR) is 558 cm³/mol. The number of ether oxygens (including phenoxy) is 27. The van der Waals surface area contributed by atoms with Crippen LogP contribution in [0.5, 0.6) is 0 Å². The molecule has 0 radical (unpaired) electrons. The zero-order valence-corrected chi connectivity index (χ0v) is 92.8. The predicted octanol–water partition coefficient (Wildman–Crippen LogP) is 16.0. The maximum absolute atomic E-state index is 13.9. The molecule has 0 aromatic heterocycles. The van der Waals surface area contributed by atoms with Gasteiger partial charge in [-0.25, -0.2) is 0 Å². The van der Waals surface area contributed by atoms with E-state index in [2.05, 4.69) is 90.0 Å². The molecular weight excluding hydrogens is 1920 g/mol. The van der Waals surface area contributed by atoms with Crippen LogP contribution in [0, 0.1) is 0 Å². The Labute approximate surface area is 887 Å². The van der Waals surface area contributed by atoms with Gasteiger partial charge in [0.15, 0.2) is 44.0 Å². The molecule has 21 aliphatic heterocycles. The summed E-state index contributed by atoms with van der Waals surface area (Å²) in [5.74, 6) is 0. The van der Waals surface area contributed by atoms with Crippen molar-refractivity contribution in [1.82, 2.24) is 0 Å². The fourth-order valence-electron chi connectivity index (χ4n) is 20.0. The third-order valence-corrected chi connectivity index (χ3v) is 28.9. The molecule has 21 heterocycles. The van der Waals surface area contributed by atoms with Gasteiger partial charge in [0.25, 0.3) is 0 Å². The third kappa shape index (κ3) is 42.3. The normalized spacial score (nSPS) is 34.6. The fourth-order valence-corrected chi connectivity index (χ4v) is 20.0. The van der Waals surface area contributed by atoms with Crippen molar-refractivity contribution in [1.29, 1.82) is 0 Å². The molecule has 1 aromatic carbocycles. The standard InChI is InChI=1S/C113H203NO34/c1-14-27-43-58-122-72-80-94-87(116)102(130-66-51-35-22-9)109(137-80)145-96-82(74-124-60-45-29-16-3)139-111(104(89(96)118)132-68-53-37-24-11)147-98-84(76-126-62-47-31-18-5)141-113(106(91(98)120)134-70-55-39-26-13)148-99-85(77-127-63-48-32-19-6)140-112(105(92(99)121)133-69-54-38-25-12)146-97-83(75-125-61-46-30-17-4)138-110(103(90(97)119)131-67-52-36-23-10)144-95-81(73-123-59-44-28-15-2)136-108(101(88(95)117)129-65-50-34-21-8)142-93-79(71-114-78-56-41-40-42-57-78)135-107(143-94)100(86(93)115)128-64-49-33-20-7/h40-42,56-57,71,79-113,115-121H,14-39,43-55,58-70,72-77H2,1-13H3. The number of nitrogens with zero attached hydrogens (tertiary/aromatic N) is 1. The van der Waals surface area contributed by atoms with E-state index in [-0.39, 0.29) is 85.9 Å². The van der Waals surface area contributed by atoms with Crippen molar-refractivity contribution in [3.05, 3.63) is 30.3 Å². The van der Waals surface area contributed by atoms with E-state index in [1.165, 1.54) is 6.21 Å². The second-order valence-electron chi connectivity index (χ2n) is 41.5. The molecule has 0 aliphatic carbocycles. The van der Waals surface area contributed by atoms with Crippen molar-refractivity contribution < 1.29 is 164 Å². The highest BCUT2D eigenvalue weighted by Gasteiger charge is 2.62. The molecule has 0 spiro atoms. The smallest absolute Gasteiger partial charge is 0.187 e. The van der Waals surface area contributed by atoms with Gasteiger partial charge in [-0.05, 0) is 95.6 Å². The van der Waals surface area contributed by atoms with Gasteiger partial charge in [-0.2, -0.15) is 0 Å². The summed E-state index contributed by atoms with van der Waals surface area (Å²) in [6.45, 7) is 28.9. The summed E-state index contributed by atoms with van der Waals surface area (Å²) in [6, 6.07) is 9.22. The van der Waals surface area contributed by atoms with Gasteiger partial charge in [0.1, 0.15) is 171 Å². The summed E-state index contributed by atoms with van der Waals surface area (Å²) in [5.41, 5.74) is 0.529. The summed E-state index contributed by atoms with van der Waals surface area (Å²) in [7, 11) is 0. The molecule has 1 aromatic rings. The van der Waals surface area contributed by atoms with Crippen molar-refractivity contribution in [2.24, 2.45) is 4.99 Å². The Morgan fingerprint density at radius 3 is 0.547 bits per heavy atom. The molecule has 35 heteroatoms. The van der Waals surface area contributed by atoms with E-state index < -0.39 is 215 Å².